The summed E-state index contributed by atoms with van der Waals surface area (Å²) in [5, 5.41) is 4.58. The maximum atomic E-state index is 5.80. The highest BCUT2D eigenvalue weighted by Gasteiger charge is 2.09. The van der Waals surface area contributed by atoms with E-state index in [2.05, 4.69) is 34.9 Å². The predicted molar refractivity (Wildman–Crippen MR) is 86.9 cm³/mol. The van der Waals surface area contributed by atoms with E-state index in [9.17, 15) is 0 Å². The normalized spacial score (nSPS) is 10.9. The molecule has 0 amide bonds. The van der Waals surface area contributed by atoms with Gasteiger partial charge in [-0.25, -0.2) is 0 Å². The number of halogens is 1. The number of rotatable bonds is 7. The minimum absolute atomic E-state index is 0.456. The molecule has 0 N–H and O–H groups in total. The molecule has 0 saturated heterocycles. The van der Waals surface area contributed by atoms with E-state index in [1.165, 1.54) is 0 Å². The highest BCUT2D eigenvalue weighted by Crippen LogP contribution is 2.29. The molecule has 0 atom stereocenters. The number of aromatic nitrogens is 2. The molecule has 0 spiro atoms. The van der Waals surface area contributed by atoms with E-state index in [0.29, 0.717) is 12.6 Å². The summed E-state index contributed by atoms with van der Waals surface area (Å²) < 4.78 is 13.9. The molecular formula is C16H21BrN2O2. The number of hydrogen-bond acceptors (Lipinski definition) is 3. The lowest BCUT2D eigenvalue weighted by Gasteiger charge is -2.12. The van der Waals surface area contributed by atoms with Crippen molar-refractivity contribution in [1.29, 1.82) is 0 Å². The van der Waals surface area contributed by atoms with Gasteiger partial charge in [-0.05, 0) is 53.0 Å². The number of nitrogens with zero attached hydrogens (tertiary/aromatic N) is 2. The van der Waals surface area contributed by atoms with Gasteiger partial charge in [-0.3, -0.25) is 4.68 Å². The molecule has 0 bridgehead atoms. The van der Waals surface area contributed by atoms with Gasteiger partial charge in [-0.1, -0.05) is 13.8 Å². The van der Waals surface area contributed by atoms with Crippen LogP contribution in [0.25, 0.3) is 0 Å². The molecule has 2 rings (SSSR count). The van der Waals surface area contributed by atoms with Gasteiger partial charge in [0.25, 0.3) is 0 Å². The zero-order valence-corrected chi connectivity index (χ0v) is 14.3. The third-order valence-electron chi connectivity index (χ3n) is 3.49. The van der Waals surface area contributed by atoms with Crippen molar-refractivity contribution in [3.8, 4) is 11.5 Å². The Hall–Kier alpha value is -1.49. The predicted octanol–water partition coefficient (Wildman–Crippen LogP) is 4.59. The maximum absolute atomic E-state index is 5.80. The minimum Gasteiger partial charge on any atom is -0.497 e. The summed E-state index contributed by atoms with van der Waals surface area (Å²) in [5.74, 6) is 1.58. The molecule has 0 radical (unpaired) electrons. The molecule has 1 aromatic carbocycles. The molecule has 1 heterocycles. The van der Waals surface area contributed by atoms with Gasteiger partial charge in [0.2, 0.25) is 0 Å². The van der Waals surface area contributed by atoms with Crippen LogP contribution in [-0.4, -0.2) is 16.9 Å². The summed E-state index contributed by atoms with van der Waals surface area (Å²) in [5.41, 5.74) is 0.935. The lowest BCUT2D eigenvalue weighted by Crippen LogP contribution is -2.08. The van der Waals surface area contributed by atoms with Gasteiger partial charge in [0.1, 0.15) is 18.1 Å². The molecule has 4 nitrogen and oxygen atoms in total. The first-order chi connectivity index (χ1) is 10.2. The van der Waals surface area contributed by atoms with Gasteiger partial charge < -0.3 is 9.47 Å². The van der Waals surface area contributed by atoms with Gasteiger partial charge in [0, 0.05) is 6.20 Å². The van der Waals surface area contributed by atoms with Crippen LogP contribution >= 0.6 is 15.9 Å². The van der Waals surface area contributed by atoms with E-state index in [1.54, 1.807) is 7.11 Å². The Balaban J connectivity index is 2.00. The second kappa shape index (κ2) is 7.50. The highest BCUT2D eigenvalue weighted by molar-refractivity contribution is 9.10. The SMILES string of the molecule is CCC(CC)n1ccc(COc2ccc(OC)cc2Br)n1. The molecule has 0 aliphatic heterocycles. The average Bonchev–Trinajstić information content (AvgIpc) is 2.96. The van der Waals surface area contributed by atoms with Crippen LogP contribution in [0.1, 0.15) is 38.4 Å². The number of hydrogen-bond donors (Lipinski definition) is 0. The summed E-state index contributed by atoms with van der Waals surface area (Å²) >= 11 is 3.48. The van der Waals surface area contributed by atoms with Crippen LogP contribution in [0.4, 0.5) is 0 Å². The van der Waals surface area contributed by atoms with Gasteiger partial charge in [-0.2, -0.15) is 5.10 Å². The van der Waals surface area contributed by atoms with Crippen LogP contribution < -0.4 is 9.47 Å². The molecular weight excluding hydrogens is 332 g/mol. The fourth-order valence-electron chi connectivity index (χ4n) is 2.20. The van der Waals surface area contributed by atoms with Crippen LogP contribution in [0.15, 0.2) is 34.9 Å². The molecule has 5 heteroatoms. The average molecular weight is 353 g/mol. The molecule has 0 saturated carbocycles. The van der Waals surface area contributed by atoms with Crippen molar-refractivity contribution in [2.75, 3.05) is 7.11 Å². The number of methoxy groups -OCH3 is 1. The monoisotopic (exact) mass is 352 g/mol. The van der Waals surface area contributed by atoms with Crippen molar-refractivity contribution >= 4 is 15.9 Å². The van der Waals surface area contributed by atoms with E-state index in [-0.39, 0.29) is 0 Å². The Labute approximate surface area is 134 Å². The molecule has 0 unspecified atom stereocenters. The Morgan fingerprint density at radius 1 is 1.24 bits per heavy atom. The first kappa shape index (κ1) is 15.9. The Morgan fingerprint density at radius 2 is 2.00 bits per heavy atom. The van der Waals surface area contributed by atoms with Crippen LogP contribution in [0.3, 0.4) is 0 Å². The van der Waals surface area contributed by atoms with E-state index in [0.717, 1.165) is 34.5 Å². The third kappa shape index (κ3) is 4.00. The topological polar surface area (TPSA) is 36.3 Å². The van der Waals surface area contributed by atoms with E-state index in [4.69, 9.17) is 9.47 Å². The van der Waals surface area contributed by atoms with Crippen LogP contribution in [0.5, 0.6) is 11.5 Å². The molecule has 0 aliphatic rings. The van der Waals surface area contributed by atoms with Crippen molar-refractivity contribution in [1.82, 2.24) is 9.78 Å². The molecule has 0 aliphatic carbocycles. The fourth-order valence-corrected chi connectivity index (χ4v) is 2.67. The summed E-state index contributed by atoms with van der Waals surface area (Å²) in [6.45, 7) is 4.82. The van der Waals surface area contributed by atoms with Crippen LogP contribution in [0, 0.1) is 0 Å². The summed E-state index contributed by atoms with van der Waals surface area (Å²) in [6, 6.07) is 8.13. The smallest absolute Gasteiger partial charge is 0.134 e. The lowest BCUT2D eigenvalue weighted by atomic mass is 10.2. The summed E-state index contributed by atoms with van der Waals surface area (Å²) in [6.07, 6.45) is 4.20. The molecule has 0 fully saturated rings. The van der Waals surface area contributed by atoms with Gasteiger partial charge in [-0.15, -0.1) is 0 Å². The summed E-state index contributed by atoms with van der Waals surface area (Å²) in [7, 11) is 1.65. The largest absolute Gasteiger partial charge is 0.497 e. The second-order valence-electron chi connectivity index (χ2n) is 4.84. The Morgan fingerprint density at radius 3 is 2.62 bits per heavy atom. The van der Waals surface area contributed by atoms with Gasteiger partial charge in [0.15, 0.2) is 0 Å². The minimum atomic E-state index is 0.456. The van der Waals surface area contributed by atoms with Crippen molar-refractivity contribution in [2.45, 2.75) is 39.3 Å². The standard InChI is InChI=1S/C16H21BrN2O2/c1-4-13(5-2)19-9-8-12(18-19)11-21-16-7-6-14(20-3)10-15(16)17/h6-10,13H,4-5,11H2,1-3H3. The first-order valence-corrected chi connectivity index (χ1v) is 7.97. The molecule has 2 aromatic rings. The fraction of sp³-hybridized carbons (Fsp3) is 0.438. The van der Waals surface area contributed by atoms with Gasteiger partial charge >= 0.3 is 0 Å². The van der Waals surface area contributed by atoms with E-state index >= 15 is 0 Å². The Kier molecular flexibility index (Phi) is 5.67. The maximum Gasteiger partial charge on any atom is 0.134 e. The van der Waals surface area contributed by atoms with Crippen LogP contribution in [0.2, 0.25) is 0 Å². The highest BCUT2D eigenvalue weighted by atomic mass is 79.9. The zero-order valence-electron chi connectivity index (χ0n) is 12.7. The number of ether oxygens (including phenoxy) is 2. The van der Waals surface area contributed by atoms with Crippen LogP contribution in [-0.2, 0) is 6.61 Å². The Bertz CT molecular complexity index is 579. The lowest BCUT2D eigenvalue weighted by molar-refractivity contribution is 0.294. The van der Waals surface area contributed by atoms with Crippen molar-refractivity contribution in [3.05, 3.63) is 40.6 Å². The molecule has 1 aromatic heterocycles. The van der Waals surface area contributed by atoms with Gasteiger partial charge in [0.05, 0.1) is 23.3 Å². The third-order valence-corrected chi connectivity index (χ3v) is 4.11. The second-order valence-corrected chi connectivity index (χ2v) is 5.70. The van der Waals surface area contributed by atoms with Crippen molar-refractivity contribution in [2.24, 2.45) is 0 Å². The van der Waals surface area contributed by atoms with E-state index < -0.39 is 0 Å². The summed E-state index contributed by atoms with van der Waals surface area (Å²) in [4.78, 5) is 0. The van der Waals surface area contributed by atoms with Crippen molar-refractivity contribution < 1.29 is 9.47 Å². The zero-order chi connectivity index (χ0) is 15.2. The molecule has 21 heavy (non-hydrogen) atoms. The molecule has 114 valence electrons. The quantitative estimate of drug-likeness (QED) is 0.730. The van der Waals surface area contributed by atoms with Crippen molar-refractivity contribution in [3.63, 3.8) is 0 Å². The number of benzene rings is 1. The van der Waals surface area contributed by atoms with E-state index in [1.807, 2.05) is 35.1 Å². The first-order valence-electron chi connectivity index (χ1n) is 7.18.